The van der Waals surface area contributed by atoms with Crippen LogP contribution in [0.3, 0.4) is 0 Å². The van der Waals surface area contributed by atoms with Gasteiger partial charge in [0.2, 0.25) is 0 Å². The van der Waals surface area contributed by atoms with Gasteiger partial charge in [-0.2, -0.15) is 0 Å². The van der Waals surface area contributed by atoms with E-state index in [-0.39, 0.29) is 24.9 Å². The Balaban J connectivity index is 2.88. The van der Waals surface area contributed by atoms with Gasteiger partial charge in [-0.3, -0.25) is 9.59 Å². The maximum atomic E-state index is 13.4. The van der Waals surface area contributed by atoms with Crippen LogP contribution in [0.15, 0.2) is 24.3 Å². The van der Waals surface area contributed by atoms with E-state index in [2.05, 4.69) is 24.5 Å². The van der Waals surface area contributed by atoms with Crippen molar-refractivity contribution >= 4 is 23.8 Å². The summed E-state index contributed by atoms with van der Waals surface area (Å²) in [5.41, 5.74) is 0. The standard InChI is InChI=1S/C48H86N4O8/c1-7-9-11-13-15-17-19-21-23-25-29-43(47(57)49-35-27-37-51(3,4)39-45(53)54)59-41-31-33-42(34-32-41)60-44(30-26-24-22-20-18-16-14-12-10-8-2)48(58)50-36-28-38-52(5,6)40-46(55)56/h31-34,43-44H,7-30,35-40H2,1-6H3,(H2-2,49,50,53,54,55,56,57,58)/p+2. The van der Waals surface area contributed by atoms with E-state index in [1.807, 2.05) is 28.2 Å². The number of aliphatic carboxylic acids is 2. The van der Waals surface area contributed by atoms with Crippen LogP contribution in [0.1, 0.15) is 168 Å². The molecule has 0 aliphatic heterocycles. The van der Waals surface area contributed by atoms with Crippen molar-refractivity contribution in [1.29, 1.82) is 0 Å². The van der Waals surface area contributed by atoms with Gasteiger partial charge in [0, 0.05) is 25.9 Å². The number of carboxylic acids is 2. The lowest BCUT2D eigenvalue weighted by Gasteiger charge is -2.28. The summed E-state index contributed by atoms with van der Waals surface area (Å²) in [4.78, 5) is 49.3. The van der Waals surface area contributed by atoms with Crippen LogP contribution in [0, 0.1) is 0 Å². The van der Waals surface area contributed by atoms with Crippen LogP contribution in [-0.2, 0) is 19.2 Å². The van der Waals surface area contributed by atoms with E-state index in [1.165, 1.54) is 89.9 Å². The third-order valence-electron chi connectivity index (χ3n) is 11.2. The van der Waals surface area contributed by atoms with Crippen molar-refractivity contribution in [2.24, 2.45) is 0 Å². The van der Waals surface area contributed by atoms with Gasteiger partial charge in [-0.15, -0.1) is 0 Å². The molecule has 0 aliphatic rings. The molecule has 0 bridgehead atoms. The second kappa shape index (κ2) is 33.3. The molecule has 1 rings (SSSR count). The Labute approximate surface area is 364 Å². The number of hydrogen-bond acceptors (Lipinski definition) is 6. The Hall–Kier alpha value is -3.38. The van der Waals surface area contributed by atoms with Gasteiger partial charge in [0.1, 0.15) is 11.5 Å². The molecule has 0 aliphatic carbocycles. The van der Waals surface area contributed by atoms with E-state index >= 15 is 0 Å². The number of unbranched alkanes of at least 4 members (excludes halogenated alkanes) is 18. The molecule has 0 radical (unpaired) electrons. The molecule has 0 spiro atoms. The maximum absolute atomic E-state index is 13.4. The SMILES string of the molecule is CCCCCCCCCCCCC(Oc1ccc(OC(CCCCCCCCCCCC)C(=O)NCCC[N+](C)(C)CC(=O)O)cc1)C(=O)NCCC[N+](C)(C)CC(=O)O. The molecule has 60 heavy (non-hydrogen) atoms. The topological polar surface area (TPSA) is 151 Å². The molecule has 0 fully saturated rings. The van der Waals surface area contributed by atoms with Crippen molar-refractivity contribution in [1.82, 2.24) is 10.6 Å². The number of ether oxygens (including phenoxy) is 2. The number of carboxylic acid groups (broad SMARTS) is 2. The van der Waals surface area contributed by atoms with Crippen LogP contribution in [0.2, 0.25) is 0 Å². The van der Waals surface area contributed by atoms with E-state index in [4.69, 9.17) is 9.47 Å². The molecule has 0 saturated heterocycles. The lowest BCUT2D eigenvalue weighted by atomic mass is 10.0. The number of amides is 2. The van der Waals surface area contributed by atoms with E-state index in [9.17, 15) is 29.4 Å². The minimum absolute atomic E-state index is 0.0248. The van der Waals surface area contributed by atoms with Crippen molar-refractivity contribution < 1.29 is 47.8 Å². The number of likely N-dealkylation sites (N-methyl/N-ethyl adjacent to an activating group) is 2. The molecule has 2 unspecified atom stereocenters. The first kappa shape index (κ1) is 54.6. The molecule has 0 heterocycles. The number of carbonyl (C=O) groups is 4. The average Bonchev–Trinajstić information content (AvgIpc) is 3.18. The van der Waals surface area contributed by atoms with Crippen LogP contribution < -0.4 is 20.1 Å². The van der Waals surface area contributed by atoms with Gasteiger partial charge in [-0.25, -0.2) is 9.59 Å². The van der Waals surface area contributed by atoms with Crippen LogP contribution >= 0.6 is 0 Å². The highest BCUT2D eigenvalue weighted by Gasteiger charge is 2.24. The lowest BCUT2D eigenvalue weighted by Crippen LogP contribution is -2.46. The fraction of sp³-hybridized carbons (Fsp3) is 0.792. The zero-order chi connectivity index (χ0) is 44.5. The molecular weight excluding hydrogens is 761 g/mol. The summed E-state index contributed by atoms with van der Waals surface area (Å²) >= 11 is 0. The normalized spacial score (nSPS) is 12.8. The van der Waals surface area contributed by atoms with Gasteiger partial charge in [-0.05, 0) is 49.9 Å². The quantitative estimate of drug-likeness (QED) is 0.0377. The van der Waals surface area contributed by atoms with Crippen LogP contribution in [0.25, 0.3) is 0 Å². The zero-order valence-electron chi connectivity index (χ0n) is 38.9. The summed E-state index contributed by atoms with van der Waals surface area (Å²) in [6, 6.07) is 7.16. The summed E-state index contributed by atoms with van der Waals surface area (Å²) in [5.74, 6) is -0.938. The van der Waals surface area contributed by atoms with Crippen molar-refractivity contribution in [3.63, 3.8) is 0 Å². The number of rotatable bonds is 40. The fourth-order valence-corrected chi connectivity index (χ4v) is 7.60. The molecule has 12 heteroatoms. The fourth-order valence-electron chi connectivity index (χ4n) is 7.60. The van der Waals surface area contributed by atoms with Crippen LogP contribution in [-0.4, -0.2) is 123 Å². The summed E-state index contributed by atoms with van der Waals surface area (Å²) in [5, 5.41) is 24.5. The first-order valence-electron chi connectivity index (χ1n) is 23.7. The highest BCUT2D eigenvalue weighted by Crippen LogP contribution is 2.23. The number of hydrogen-bond donors (Lipinski definition) is 4. The van der Waals surface area contributed by atoms with Gasteiger partial charge in [0.05, 0.1) is 41.3 Å². The van der Waals surface area contributed by atoms with E-state index < -0.39 is 24.1 Å². The number of quaternary nitrogens is 2. The van der Waals surface area contributed by atoms with E-state index in [0.29, 0.717) is 72.3 Å². The second-order valence-electron chi connectivity index (χ2n) is 18.3. The van der Waals surface area contributed by atoms with E-state index in [1.54, 1.807) is 24.3 Å². The average molecular weight is 849 g/mol. The third-order valence-corrected chi connectivity index (χ3v) is 11.2. The molecule has 2 amide bonds. The van der Waals surface area contributed by atoms with Crippen molar-refractivity contribution in [3.8, 4) is 11.5 Å². The summed E-state index contributed by atoms with van der Waals surface area (Å²) < 4.78 is 13.3. The lowest BCUT2D eigenvalue weighted by molar-refractivity contribution is -0.883. The molecule has 0 aromatic heterocycles. The number of nitrogens with zero attached hydrogens (tertiary/aromatic N) is 2. The first-order valence-corrected chi connectivity index (χ1v) is 23.7. The maximum Gasteiger partial charge on any atom is 0.359 e. The van der Waals surface area contributed by atoms with Crippen LogP contribution in [0.4, 0.5) is 0 Å². The zero-order valence-corrected chi connectivity index (χ0v) is 38.9. The molecule has 1 aromatic carbocycles. The van der Waals surface area contributed by atoms with E-state index in [0.717, 1.165) is 38.5 Å². The Morgan fingerprint density at radius 1 is 0.483 bits per heavy atom. The Morgan fingerprint density at radius 2 is 0.767 bits per heavy atom. The third kappa shape index (κ3) is 29.8. The number of nitrogens with one attached hydrogen (secondary N) is 2. The molecule has 0 saturated carbocycles. The summed E-state index contributed by atoms with van der Waals surface area (Å²) in [6.45, 7) is 6.65. The predicted molar refractivity (Wildman–Crippen MR) is 242 cm³/mol. The molecule has 2 atom stereocenters. The Kier molecular flexibility index (Phi) is 30.3. The minimum Gasteiger partial charge on any atom is -0.481 e. The van der Waals surface area contributed by atoms with Crippen molar-refractivity contribution in [2.45, 2.75) is 180 Å². The van der Waals surface area contributed by atoms with Gasteiger partial charge < -0.3 is 39.3 Å². The minimum atomic E-state index is -0.844. The molecule has 346 valence electrons. The van der Waals surface area contributed by atoms with Crippen molar-refractivity contribution in [2.75, 3.05) is 67.5 Å². The number of carbonyl (C=O) groups excluding carboxylic acids is 2. The Bertz CT molecular complexity index is 1190. The predicted octanol–water partition coefficient (Wildman–Crippen LogP) is 9.14. The molecule has 12 nitrogen and oxygen atoms in total. The van der Waals surface area contributed by atoms with Gasteiger partial charge in [-0.1, -0.05) is 129 Å². The number of benzene rings is 1. The van der Waals surface area contributed by atoms with Gasteiger partial charge in [0.15, 0.2) is 25.3 Å². The smallest absolute Gasteiger partial charge is 0.359 e. The largest absolute Gasteiger partial charge is 0.481 e. The summed E-state index contributed by atoms with van der Waals surface area (Å²) in [6.07, 6.45) is 25.2. The molecule has 1 aromatic rings. The highest BCUT2D eigenvalue weighted by molar-refractivity contribution is 5.81. The first-order chi connectivity index (χ1) is 28.7. The molecule has 4 N–H and O–H groups in total. The highest BCUT2D eigenvalue weighted by atomic mass is 16.5. The summed E-state index contributed by atoms with van der Waals surface area (Å²) in [7, 11) is 7.50. The monoisotopic (exact) mass is 849 g/mol. The van der Waals surface area contributed by atoms with Gasteiger partial charge in [0.25, 0.3) is 11.8 Å². The molecular formula is C48H88N4O8+2. The Morgan fingerprint density at radius 3 is 1.05 bits per heavy atom. The van der Waals surface area contributed by atoms with Gasteiger partial charge >= 0.3 is 11.9 Å². The van der Waals surface area contributed by atoms with Crippen molar-refractivity contribution in [3.05, 3.63) is 24.3 Å². The second-order valence-corrected chi connectivity index (χ2v) is 18.3. The van der Waals surface area contributed by atoms with Crippen LogP contribution in [0.5, 0.6) is 11.5 Å².